The molecule has 0 atom stereocenters. The van der Waals surface area contributed by atoms with Crippen LogP contribution in [0.25, 0.3) is 314 Å². The van der Waals surface area contributed by atoms with Gasteiger partial charge >= 0.3 is 0 Å². The van der Waals surface area contributed by atoms with Crippen LogP contribution in [-0.4, -0.2) is 43.6 Å². The first kappa shape index (κ1) is 82.9. The van der Waals surface area contributed by atoms with Crippen molar-refractivity contribution in [2.45, 2.75) is 0 Å². The number of rotatable bonds is 7. The molecule has 0 N–H and O–H groups in total. The maximum absolute atomic E-state index is 5.58. The minimum Gasteiger partial charge on any atom is -0.292 e. The van der Waals surface area contributed by atoms with Crippen LogP contribution in [0.1, 0.15) is 0 Å². The van der Waals surface area contributed by atoms with Gasteiger partial charge < -0.3 is 0 Å². The molecule has 15 heteroatoms. The van der Waals surface area contributed by atoms with E-state index in [0.717, 1.165) is 126 Å². The van der Waals surface area contributed by atoms with E-state index in [2.05, 4.69) is 457 Å². The highest BCUT2D eigenvalue weighted by atomic mass is 32.1. The Morgan fingerprint density at radius 3 is 0.837 bits per heavy atom. The molecule has 12 aromatic heterocycles. The molecule has 9 nitrogen and oxygen atoms in total. The largest absolute Gasteiger partial charge is 0.292 e. The summed E-state index contributed by atoms with van der Waals surface area (Å²) in [6.07, 6.45) is 0. The second kappa shape index (κ2) is 32.4. The molecular weight excluding hydrogens is 1900 g/mol. The molecule has 0 aliphatic rings. The fraction of sp³-hybridized carbons (Fsp3) is 0. The number of thiophene rings is 6. The Morgan fingerprint density at radius 1 is 0.156 bits per heavy atom. The molecule has 0 unspecified atom stereocenters. The quantitative estimate of drug-likeness (QED) is 0.158. The first-order valence-corrected chi connectivity index (χ1v) is 54.2. The van der Waals surface area contributed by atoms with Crippen LogP contribution < -0.4 is 0 Å². The van der Waals surface area contributed by atoms with E-state index in [9.17, 15) is 0 Å². The third-order valence-corrected chi connectivity index (χ3v) is 37.0. The Bertz CT molecular complexity index is 11700. The molecule has 34 aromatic rings. The van der Waals surface area contributed by atoms with Crippen LogP contribution in [0.3, 0.4) is 0 Å². The number of para-hydroxylation sites is 3. The second-order valence-electron chi connectivity index (χ2n) is 37.9. The Morgan fingerprint density at radius 2 is 0.429 bits per heavy atom. The van der Waals surface area contributed by atoms with Crippen molar-refractivity contribution in [2.75, 3.05) is 0 Å². The van der Waals surface area contributed by atoms with E-state index >= 15 is 0 Å². The lowest BCUT2D eigenvalue weighted by atomic mass is 9.99. The lowest BCUT2D eigenvalue weighted by Crippen LogP contribution is -2.02. The van der Waals surface area contributed by atoms with E-state index in [0.29, 0.717) is 0 Å². The monoisotopic (exact) mass is 1980 g/mol. The predicted molar refractivity (Wildman–Crippen MR) is 633 cm³/mol. The molecule has 0 fully saturated rings. The first-order chi connectivity index (χ1) is 72.9. The molecule has 0 radical (unpaired) electrons. The van der Waals surface area contributed by atoms with Crippen molar-refractivity contribution in [2.24, 2.45) is 0 Å². The van der Waals surface area contributed by atoms with Gasteiger partial charge in [0.1, 0.15) is 0 Å². The van der Waals surface area contributed by atoms with Gasteiger partial charge in [0, 0.05) is 156 Å². The fourth-order valence-electron chi connectivity index (χ4n) is 23.5. The van der Waals surface area contributed by atoms with Crippen molar-refractivity contribution >= 4 is 319 Å². The van der Waals surface area contributed by atoms with Gasteiger partial charge in [-0.25, -0.2) is 29.9 Å². The molecule has 682 valence electrons. The van der Waals surface area contributed by atoms with Crippen LogP contribution in [-0.2, 0) is 0 Å². The Labute approximate surface area is 861 Å². The van der Waals surface area contributed by atoms with Crippen molar-refractivity contribution in [3.05, 3.63) is 443 Å². The molecule has 0 aliphatic carbocycles. The molecule has 22 aromatic carbocycles. The highest BCUT2D eigenvalue weighted by Gasteiger charge is 2.32. The number of nitrogens with zero attached hydrogens (tertiary/aromatic N) is 9. The SMILES string of the molecule is c1ccc(-c2ccc3cc(-c4nc(-n5c6ccccc6c6c7sc8ccccc8c7c7ccccc7c65)c5sc6ccccc6c5n4)ccc3c2)cc1.c1ccc2c(-c3nc(-n4c5ccccc5c5c6sc7ccccc7c6c6ccccc6c54)c4sc5ccccc5c4n3)cccc2c1.c1ccc2cc(-c3nc(-n4c5ccccc5c5c6sc7ccccc7c6c6ccccc6c54)c4sc5ccccc5c4n3)ccc2c1. The summed E-state index contributed by atoms with van der Waals surface area (Å²) < 4.78 is 22.1. The number of aromatic nitrogens is 9. The summed E-state index contributed by atoms with van der Waals surface area (Å²) in [7, 11) is 0. The van der Waals surface area contributed by atoms with Gasteiger partial charge in [0.25, 0.3) is 0 Å². The zero-order chi connectivity index (χ0) is 95.9. The highest BCUT2D eigenvalue weighted by Crippen LogP contribution is 2.55. The lowest BCUT2D eigenvalue weighted by Gasteiger charge is -2.13. The molecule has 0 bridgehead atoms. The highest BCUT2D eigenvalue weighted by molar-refractivity contribution is 7.29. The summed E-state index contributed by atoms with van der Waals surface area (Å²) in [6.45, 7) is 0. The second-order valence-corrected chi connectivity index (χ2v) is 44.3. The molecule has 147 heavy (non-hydrogen) atoms. The van der Waals surface area contributed by atoms with E-state index in [4.69, 9.17) is 29.9 Å². The maximum Gasteiger partial charge on any atom is 0.162 e. The van der Waals surface area contributed by atoms with Gasteiger partial charge in [0.2, 0.25) is 0 Å². The van der Waals surface area contributed by atoms with Crippen molar-refractivity contribution in [1.29, 1.82) is 0 Å². The summed E-state index contributed by atoms with van der Waals surface area (Å²) in [5.74, 6) is 4.98. The van der Waals surface area contributed by atoms with Crippen LogP contribution >= 0.6 is 68.0 Å². The van der Waals surface area contributed by atoms with Crippen LogP contribution in [0.2, 0.25) is 0 Å². The fourth-order valence-corrected chi connectivity index (χ4v) is 30.7. The third kappa shape index (κ3) is 12.5. The summed E-state index contributed by atoms with van der Waals surface area (Å²) in [5.41, 5.74) is 15.5. The van der Waals surface area contributed by atoms with Gasteiger partial charge in [0.05, 0.1) is 63.8 Å². The van der Waals surface area contributed by atoms with Crippen LogP contribution in [0.15, 0.2) is 443 Å². The van der Waals surface area contributed by atoms with E-state index in [-0.39, 0.29) is 0 Å². The third-order valence-electron chi connectivity index (χ3n) is 29.9. The Balaban J connectivity index is 0.0000000982. The molecule has 0 aliphatic heterocycles. The normalized spacial score (nSPS) is 12.2. The van der Waals surface area contributed by atoms with Crippen molar-refractivity contribution in [1.82, 2.24) is 43.6 Å². The number of hydrogen-bond acceptors (Lipinski definition) is 12. The standard InChI is InChI=1S/C48H27N3S2.2C42H23N3S2/c1-2-12-28(13-3-1)29-22-23-31-27-32(25-24-30(31)26-29)47-49-43-37-18-8-11-21-40(37)53-46(43)48(50-47)51-38-19-9-6-16-35(38)42-44(51)34-15-5-4-14-33(34)41-36-17-7-10-20-39(36)52-45(41)42;1-2-14-25-24(12-1)13-11-20-28(25)41-43-37-31-19-7-10-23-34(31)47-40(37)42(44-41)45-32-21-8-5-17-29(32)36-38(45)27-16-4-3-15-26(27)35-30-18-6-9-22-33(30)46-39(35)36;1-2-12-25-23-26(22-21-24(25)11-1)41-43-37-31-17-7-10-20-34(31)47-40(37)42(44-41)45-32-18-8-5-15-29(32)36-38(45)28-14-4-3-13-27(28)35-30-16-6-9-19-33(30)46-39(35)36/h1-27H;2*1-23H. The molecule has 0 saturated heterocycles. The minimum absolute atomic E-state index is 0.725. The van der Waals surface area contributed by atoms with Gasteiger partial charge in [-0.1, -0.05) is 370 Å². The summed E-state index contributed by atoms with van der Waals surface area (Å²) >= 11 is 11.0. The smallest absolute Gasteiger partial charge is 0.162 e. The zero-order valence-electron chi connectivity index (χ0n) is 78.1. The summed E-state index contributed by atoms with van der Waals surface area (Å²) in [5, 5.41) is 33.6. The van der Waals surface area contributed by atoms with Crippen LogP contribution in [0, 0.1) is 0 Å². The van der Waals surface area contributed by atoms with Gasteiger partial charge in [-0.15, -0.1) is 68.0 Å². The summed E-state index contributed by atoms with van der Waals surface area (Å²) in [4.78, 5) is 32.7. The van der Waals surface area contributed by atoms with Crippen molar-refractivity contribution in [3.63, 3.8) is 0 Å². The number of benzene rings is 22. The molecule has 0 saturated carbocycles. The average Bonchev–Trinajstić information content (AvgIpc) is 1.54. The van der Waals surface area contributed by atoms with Gasteiger partial charge in [-0.3, -0.25) is 13.7 Å². The Kier molecular flexibility index (Phi) is 18.3. The van der Waals surface area contributed by atoms with E-state index in [1.165, 1.54) is 188 Å². The molecule has 0 spiro atoms. The van der Waals surface area contributed by atoms with E-state index in [1.807, 2.05) is 34.0 Å². The lowest BCUT2D eigenvalue weighted by molar-refractivity contribution is 1.08. The van der Waals surface area contributed by atoms with Gasteiger partial charge in [-0.05, 0) is 132 Å². The summed E-state index contributed by atoms with van der Waals surface area (Å²) in [6, 6.07) is 159. The zero-order valence-corrected chi connectivity index (χ0v) is 83.0. The molecule has 34 rings (SSSR count). The van der Waals surface area contributed by atoms with Crippen LogP contribution in [0.5, 0.6) is 0 Å². The van der Waals surface area contributed by atoms with E-state index < -0.39 is 0 Å². The maximum atomic E-state index is 5.58. The molecule has 0 amide bonds. The average molecular weight is 1980 g/mol. The molecule has 12 heterocycles. The van der Waals surface area contributed by atoms with Gasteiger partial charge in [0.15, 0.2) is 34.9 Å². The Hall–Kier alpha value is -17.6. The van der Waals surface area contributed by atoms with Crippen molar-refractivity contribution in [3.8, 4) is 62.7 Å². The van der Waals surface area contributed by atoms with Crippen molar-refractivity contribution < 1.29 is 0 Å². The minimum atomic E-state index is 0.725. The molecular formula is C132H73N9S6. The van der Waals surface area contributed by atoms with Gasteiger partial charge in [-0.2, -0.15) is 0 Å². The first-order valence-electron chi connectivity index (χ1n) is 49.3. The van der Waals surface area contributed by atoms with E-state index in [1.54, 1.807) is 34.0 Å². The predicted octanol–water partition coefficient (Wildman–Crippen LogP) is 38.5. The number of hydrogen-bond donors (Lipinski definition) is 0. The van der Waals surface area contributed by atoms with Crippen LogP contribution in [0.4, 0.5) is 0 Å². The topological polar surface area (TPSA) is 92.1 Å². The number of fused-ring (bicyclic) bond motifs is 42.